The van der Waals surface area contributed by atoms with E-state index in [0.717, 1.165) is 44.4 Å². The Hall–Kier alpha value is -6.94. The van der Waals surface area contributed by atoms with Crippen LogP contribution >= 0.6 is 11.3 Å². The lowest BCUT2D eigenvalue weighted by Gasteiger charge is -2.26. The number of fused-ring (bicyclic) bond motifs is 11. The third-order valence-corrected chi connectivity index (χ3v) is 13.6. The molecule has 0 atom stereocenters. The zero-order chi connectivity index (χ0) is 38.5. The van der Waals surface area contributed by atoms with Crippen molar-refractivity contribution in [3.63, 3.8) is 0 Å². The van der Waals surface area contributed by atoms with Gasteiger partial charge in [-0.25, -0.2) is 0 Å². The van der Waals surface area contributed by atoms with Gasteiger partial charge in [0.25, 0.3) is 0 Å². The van der Waals surface area contributed by atoms with Gasteiger partial charge in [-0.1, -0.05) is 153 Å². The molecule has 9 aromatic carbocycles. The topological polar surface area (TPSA) is 16.4 Å². The molecule has 58 heavy (non-hydrogen) atoms. The Morgan fingerprint density at radius 3 is 1.88 bits per heavy atom. The Bertz CT molecular complexity index is 3420. The summed E-state index contributed by atoms with van der Waals surface area (Å²) in [4.78, 5) is 2.35. The predicted octanol–water partition coefficient (Wildman–Crippen LogP) is 16.2. The number of thiophene rings is 1. The van der Waals surface area contributed by atoms with Crippen molar-refractivity contribution in [2.75, 3.05) is 4.90 Å². The lowest BCUT2D eigenvalue weighted by molar-refractivity contribution is 0.660. The molecule has 1 aliphatic rings. The van der Waals surface area contributed by atoms with Crippen molar-refractivity contribution in [3.05, 3.63) is 199 Å². The van der Waals surface area contributed by atoms with Crippen molar-refractivity contribution >= 4 is 81.3 Å². The summed E-state index contributed by atoms with van der Waals surface area (Å²) in [6.45, 7) is 4.69. The fraction of sp³-hybridized carbons (Fsp3) is 0.0545. The van der Waals surface area contributed by atoms with E-state index in [2.05, 4.69) is 207 Å². The van der Waals surface area contributed by atoms with Crippen LogP contribution in [0.4, 0.5) is 17.1 Å². The van der Waals surface area contributed by atoms with Crippen molar-refractivity contribution in [3.8, 4) is 33.4 Å². The molecule has 1 aliphatic carbocycles. The van der Waals surface area contributed by atoms with Gasteiger partial charge in [-0.2, -0.15) is 0 Å². The van der Waals surface area contributed by atoms with Crippen LogP contribution in [0.2, 0.25) is 0 Å². The number of furan rings is 1. The lowest BCUT2D eigenvalue weighted by atomic mass is 9.82. The summed E-state index contributed by atoms with van der Waals surface area (Å²) < 4.78 is 9.57. The van der Waals surface area contributed by atoms with Crippen LogP contribution in [-0.2, 0) is 5.41 Å². The second kappa shape index (κ2) is 12.5. The average molecular weight is 760 g/mol. The molecular weight excluding hydrogens is 723 g/mol. The molecule has 0 N–H and O–H groups in total. The zero-order valence-corrected chi connectivity index (χ0v) is 33.0. The number of nitrogens with zero attached hydrogens (tertiary/aromatic N) is 1. The van der Waals surface area contributed by atoms with E-state index in [9.17, 15) is 0 Å². The van der Waals surface area contributed by atoms with E-state index in [1.165, 1.54) is 70.1 Å². The zero-order valence-electron chi connectivity index (χ0n) is 32.2. The van der Waals surface area contributed by atoms with E-state index in [1.54, 1.807) is 0 Å². The highest BCUT2D eigenvalue weighted by molar-refractivity contribution is 7.25. The van der Waals surface area contributed by atoms with Gasteiger partial charge in [0.15, 0.2) is 5.58 Å². The average Bonchev–Trinajstić information content (AvgIpc) is 3.92. The van der Waals surface area contributed by atoms with Gasteiger partial charge in [-0.05, 0) is 98.4 Å². The van der Waals surface area contributed by atoms with Crippen molar-refractivity contribution in [1.29, 1.82) is 0 Å². The van der Waals surface area contributed by atoms with Gasteiger partial charge in [0.05, 0.1) is 5.69 Å². The molecule has 0 aliphatic heterocycles. The molecule has 11 aromatic rings. The molecule has 0 amide bonds. The van der Waals surface area contributed by atoms with E-state index in [-0.39, 0.29) is 5.41 Å². The Morgan fingerprint density at radius 2 is 1.03 bits per heavy atom. The van der Waals surface area contributed by atoms with E-state index < -0.39 is 0 Å². The van der Waals surface area contributed by atoms with Crippen LogP contribution in [0.25, 0.3) is 86.3 Å². The maximum absolute atomic E-state index is 6.94. The van der Waals surface area contributed by atoms with Gasteiger partial charge >= 0.3 is 0 Å². The molecule has 0 spiro atoms. The molecule has 12 rings (SSSR count). The molecule has 2 nitrogen and oxygen atoms in total. The number of hydrogen-bond acceptors (Lipinski definition) is 3. The SMILES string of the molecule is CC1(C)c2ccccc2-c2c(-c3ccc(N(c4ccc(-c5ccc6c(c5)sc5ccccc56)cc4)c4cccc5c4oc4c6ccccc6ccc54)cc3)cccc21. The first-order chi connectivity index (χ1) is 28.5. The van der Waals surface area contributed by atoms with Crippen molar-refractivity contribution in [2.45, 2.75) is 19.3 Å². The van der Waals surface area contributed by atoms with Crippen LogP contribution < -0.4 is 4.90 Å². The molecule has 0 fully saturated rings. The highest BCUT2D eigenvalue weighted by Crippen LogP contribution is 2.52. The van der Waals surface area contributed by atoms with Crippen molar-refractivity contribution < 1.29 is 4.42 Å². The summed E-state index contributed by atoms with van der Waals surface area (Å²) >= 11 is 1.86. The van der Waals surface area contributed by atoms with Gasteiger partial charge in [0.1, 0.15) is 5.58 Å². The second-order valence-corrected chi connectivity index (χ2v) is 17.1. The van der Waals surface area contributed by atoms with Crippen molar-refractivity contribution in [1.82, 2.24) is 0 Å². The third kappa shape index (κ3) is 4.90. The first-order valence-electron chi connectivity index (χ1n) is 20.0. The molecule has 2 aromatic heterocycles. The molecular formula is C55H37NOS. The van der Waals surface area contributed by atoms with Crippen LogP contribution in [0.5, 0.6) is 0 Å². The normalized spacial score (nSPS) is 13.1. The minimum Gasteiger partial charge on any atom is -0.453 e. The summed E-state index contributed by atoms with van der Waals surface area (Å²) in [6.07, 6.45) is 0. The molecule has 3 heteroatoms. The first kappa shape index (κ1) is 33.2. The summed E-state index contributed by atoms with van der Waals surface area (Å²) in [7, 11) is 0. The van der Waals surface area contributed by atoms with E-state index >= 15 is 0 Å². The van der Waals surface area contributed by atoms with Crippen LogP contribution in [0, 0.1) is 0 Å². The number of rotatable bonds is 5. The van der Waals surface area contributed by atoms with Gasteiger partial charge in [0, 0.05) is 53.1 Å². The number of hydrogen-bond donors (Lipinski definition) is 0. The lowest BCUT2D eigenvalue weighted by Crippen LogP contribution is -2.14. The van der Waals surface area contributed by atoms with E-state index in [4.69, 9.17) is 4.42 Å². The molecule has 2 heterocycles. The Morgan fingerprint density at radius 1 is 0.431 bits per heavy atom. The van der Waals surface area contributed by atoms with Crippen LogP contribution in [0.1, 0.15) is 25.0 Å². The Balaban J connectivity index is 1.00. The second-order valence-electron chi connectivity index (χ2n) is 16.1. The van der Waals surface area contributed by atoms with Gasteiger partial charge in [-0.3, -0.25) is 0 Å². The number of anilines is 3. The number of benzene rings is 9. The largest absolute Gasteiger partial charge is 0.453 e. The molecule has 0 unspecified atom stereocenters. The molecule has 0 saturated carbocycles. The van der Waals surface area contributed by atoms with E-state index in [0.29, 0.717) is 0 Å². The van der Waals surface area contributed by atoms with Gasteiger partial charge < -0.3 is 9.32 Å². The maximum Gasteiger partial charge on any atom is 0.159 e. The monoisotopic (exact) mass is 759 g/mol. The maximum atomic E-state index is 6.94. The van der Waals surface area contributed by atoms with Gasteiger partial charge in [-0.15, -0.1) is 11.3 Å². The smallest absolute Gasteiger partial charge is 0.159 e. The third-order valence-electron chi connectivity index (χ3n) is 12.5. The Kier molecular flexibility index (Phi) is 7.18. The summed E-state index contributed by atoms with van der Waals surface area (Å²) in [5.74, 6) is 0. The predicted molar refractivity (Wildman–Crippen MR) is 247 cm³/mol. The molecule has 0 radical (unpaired) electrons. The standard InChI is InChI=1S/C55H37NOS/c1-55(2)47-17-7-5-14-46(47)52-40(15-9-18-48(52)55)36-23-29-39(30-24-36)56(49-19-10-16-44-45-32-25-35-11-3-4-12-41(35)53(45)57-54(44)49)38-27-21-34(22-28-38)37-26-31-43-42-13-6-8-20-50(42)58-51(43)33-37/h3-33H,1-2H3. The molecule has 0 bridgehead atoms. The van der Waals surface area contributed by atoms with E-state index in [1.807, 2.05) is 11.3 Å². The number of para-hydroxylation sites is 1. The van der Waals surface area contributed by atoms with Crippen molar-refractivity contribution in [2.24, 2.45) is 0 Å². The molecule has 0 saturated heterocycles. The minimum absolute atomic E-state index is 0.0505. The fourth-order valence-corrected chi connectivity index (χ4v) is 10.8. The van der Waals surface area contributed by atoms with Gasteiger partial charge in [0.2, 0.25) is 0 Å². The highest BCUT2D eigenvalue weighted by atomic mass is 32.1. The fourth-order valence-electron chi connectivity index (χ4n) is 9.61. The van der Waals surface area contributed by atoms with Crippen LogP contribution in [0.3, 0.4) is 0 Å². The quantitative estimate of drug-likeness (QED) is 0.174. The first-order valence-corrected chi connectivity index (χ1v) is 20.8. The minimum atomic E-state index is -0.0505. The van der Waals surface area contributed by atoms with Crippen LogP contribution in [0.15, 0.2) is 192 Å². The van der Waals surface area contributed by atoms with Crippen LogP contribution in [-0.4, -0.2) is 0 Å². The highest BCUT2D eigenvalue weighted by Gasteiger charge is 2.36. The summed E-state index contributed by atoms with van der Waals surface area (Å²) in [6, 6.07) is 68.8. The molecule has 274 valence electrons. The Labute approximate surface area is 340 Å². The summed E-state index contributed by atoms with van der Waals surface area (Å²) in [5.41, 5.74) is 15.2. The summed E-state index contributed by atoms with van der Waals surface area (Å²) in [5, 5.41) is 7.16.